The number of hydrogen-bond donors (Lipinski definition) is 4. The molecule has 2 aromatic rings. The monoisotopic (exact) mass is 636 g/mol. The summed E-state index contributed by atoms with van der Waals surface area (Å²) < 4.78 is 21.5. The summed E-state index contributed by atoms with van der Waals surface area (Å²) in [4.78, 5) is 39.8. The van der Waals surface area contributed by atoms with Gasteiger partial charge in [-0.2, -0.15) is 0 Å². The summed E-state index contributed by atoms with van der Waals surface area (Å²) in [7, 11) is 33.0. The molecule has 1 heterocycles. The van der Waals surface area contributed by atoms with Gasteiger partial charge in [0, 0.05) is 44.5 Å². The molecule has 2 aromatic carbocycles. The number of anilines is 1. The van der Waals surface area contributed by atoms with Gasteiger partial charge in [0.1, 0.15) is 47.4 Å². The summed E-state index contributed by atoms with van der Waals surface area (Å²) in [6.45, 7) is 9.34. The summed E-state index contributed by atoms with van der Waals surface area (Å²) in [5.41, 5.74) is -8.99. The van der Waals surface area contributed by atoms with Crippen LogP contribution in [0.25, 0.3) is 0 Å². The Kier molecular flexibility index (Phi) is 11.1. The van der Waals surface area contributed by atoms with Crippen LogP contribution in [0.15, 0.2) is 36.4 Å². The zero-order valence-electron chi connectivity index (χ0n) is 27.6. The first-order valence-electron chi connectivity index (χ1n) is 14.8. The highest BCUT2D eigenvalue weighted by Crippen LogP contribution is 2.35. The van der Waals surface area contributed by atoms with Crippen molar-refractivity contribution >= 4 is 63.4 Å². The number of likely N-dealkylation sites (N-methyl/N-ethyl adjacent to an activating group) is 2. The minimum absolute atomic E-state index is 0.00185. The number of aliphatic hydroxyl groups is 2. The van der Waals surface area contributed by atoms with Gasteiger partial charge in [-0.15, -0.1) is 0 Å². The Balaban J connectivity index is 1.98. The number of benzene rings is 2. The van der Waals surface area contributed by atoms with E-state index in [1.165, 1.54) is 31.3 Å². The minimum atomic E-state index is -3.26. The Labute approximate surface area is 282 Å². The molecule has 240 valence electrons. The molecule has 16 heteroatoms. The van der Waals surface area contributed by atoms with Crippen LogP contribution in [0.4, 0.5) is 10.1 Å². The van der Waals surface area contributed by atoms with Crippen molar-refractivity contribution in [3.05, 3.63) is 64.5 Å². The topological polar surface area (TPSA) is 131 Å². The lowest BCUT2D eigenvalue weighted by Gasteiger charge is -2.52. The maximum atomic E-state index is 15.3. The summed E-state index contributed by atoms with van der Waals surface area (Å²) in [6, 6.07) is 8.92. The van der Waals surface area contributed by atoms with Crippen molar-refractivity contribution in [3.63, 3.8) is 0 Å². The molecule has 0 aliphatic carbocycles. The predicted molar refractivity (Wildman–Crippen MR) is 181 cm³/mol. The second-order valence-corrected chi connectivity index (χ2v) is 13.5. The molecule has 1 aliphatic rings. The number of nitrogens with zero attached hydrogens (tertiary/aromatic N) is 2. The Morgan fingerprint density at radius 1 is 1.06 bits per heavy atom. The van der Waals surface area contributed by atoms with Crippen LogP contribution in [-0.4, -0.2) is 133 Å². The first-order valence-corrected chi connectivity index (χ1v) is 14.8. The van der Waals surface area contributed by atoms with Gasteiger partial charge in [-0.25, -0.2) is 4.39 Å². The normalized spacial score (nSPS) is 20.3. The molecule has 0 saturated carbocycles. The lowest BCUT2D eigenvalue weighted by molar-refractivity contribution is -0.182. The fourth-order valence-corrected chi connectivity index (χ4v) is 6.11. The Morgan fingerprint density at radius 3 is 2.19 bits per heavy atom. The third-order valence-corrected chi connectivity index (χ3v) is 8.30. The summed E-state index contributed by atoms with van der Waals surface area (Å²) in [6.07, 6.45) is 0.505. The molecule has 3 atom stereocenters. The number of hydrogen-bond acceptors (Lipinski definition) is 9. The Bertz CT molecular complexity index is 1490. The summed E-state index contributed by atoms with van der Waals surface area (Å²) >= 11 is 0. The van der Waals surface area contributed by atoms with Crippen molar-refractivity contribution in [3.8, 4) is 0 Å². The highest BCUT2D eigenvalue weighted by molar-refractivity contribution is 6.41. The van der Waals surface area contributed by atoms with Gasteiger partial charge >= 0.3 is 0 Å². The molecule has 3 unspecified atom stereocenters. The molecule has 1 aliphatic heterocycles. The standard InChI is InChI=1S/C31H38B5FN4O6/c1-26(2)16-41(17-27(3,4)47-26)13-19-10-11-23(37)22(12-19)30(34,35)39-24-9-7-8-20(15-42)21(24)14-40(6)28(32,18-43)31(36,46)29(33,45)25(44)38-5/h7-12,15,18,39,45-46H,13-14,16-17H2,1-6H3,(H,38,44). The lowest BCUT2D eigenvalue weighted by atomic mass is 9.45. The van der Waals surface area contributed by atoms with E-state index in [1.807, 2.05) is 33.0 Å². The molecule has 10 nitrogen and oxygen atoms in total. The fraction of sp³-hybridized carbons (Fsp3) is 0.516. The van der Waals surface area contributed by atoms with Crippen LogP contribution < -0.4 is 10.6 Å². The van der Waals surface area contributed by atoms with E-state index in [4.69, 9.17) is 44.0 Å². The van der Waals surface area contributed by atoms with Crippen LogP contribution in [0.3, 0.4) is 0 Å². The molecular weight excluding hydrogens is 597 g/mol. The van der Waals surface area contributed by atoms with Crippen LogP contribution in [0.5, 0.6) is 0 Å². The van der Waals surface area contributed by atoms with Gasteiger partial charge in [-0.3, -0.25) is 19.4 Å². The number of aldehydes is 2. The first kappa shape index (κ1) is 38.6. The van der Waals surface area contributed by atoms with E-state index >= 15 is 4.39 Å². The molecule has 1 fully saturated rings. The second-order valence-electron chi connectivity index (χ2n) is 13.5. The molecule has 1 amide bonds. The van der Waals surface area contributed by atoms with Gasteiger partial charge in [0.05, 0.1) is 37.8 Å². The van der Waals surface area contributed by atoms with Crippen LogP contribution in [0.1, 0.15) is 54.7 Å². The highest BCUT2D eigenvalue weighted by atomic mass is 19.1. The molecule has 10 radical (unpaired) electrons. The lowest BCUT2D eigenvalue weighted by Crippen LogP contribution is -2.78. The maximum Gasteiger partial charge on any atom is 0.244 e. The van der Waals surface area contributed by atoms with E-state index in [9.17, 15) is 24.6 Å². The van der Waals surface area contributed by atoms with Crippen molar-refractivity contribution in [2.45, 2.75) is 73.8 Å². The number of nitrogens with one attached hydrogen (secondary N) is 2. The number of morpholine rings is 1. The number of ether oxygens (including phenoxy) is 1. The van der Waals surface area contributed by atoms with Gasteiger partial charge in [-0.1, -0.05) is 24.3 Å². The number of halogens is 1. The van der Waals surface area contributed by atoms with Crippen molar-refractivity contribution in [2.75, 3.05) is 32.5 Å². The van der Waals surface area contributed by atoms with Crippen molar-refractivity contribution in [1.29, 1.82) is 0 Å². The quantitative estimate of drug-likeness (QED) is 0.171. The highest BCUT2D eigenvalue weighted by Gasteiger charge is 2.58. The van der Waals surface area contributed by atoms with Crippen LogP contribution in [0, 0.1) is 5.82 Å². The van der Waals surface area contributed by atoms with Crippen molar-refractivity contribution in [1.82, 2.24) is 15.1 Å². The average molecular weight is 636 g/mol. The summed E-state index contributed by atoms with van der Waals surface area (Å²) in [5, 5.41) is 24.5. The molecule has 1 saturated heterocycles. The molecule has 47 heavy (non-hydrogen) atoms. The summed E-state index contributed by atoms with van der Waals surface area (Å²) in [5.74, 6) is -2.02. The van der Waals surface area contributed by atoms with E-state index in [0.29, 0.717) is 25.9 Å². The smallest absolute Gasteiger partial charge is 0.244 e. The predicted octanol–water partition coefficient (Wildman–Crippen LogP) is -0.457. The van der Waals surface area contributed by atoms with Crippen LogP contribution >= 0.6 is 0 Å². The SMILES string of the molecule is [B]C([B])(Nc1cccc(C=O)c1CN(C)C([B])(C=O)C([B])(O)C([B])(O)C(=O)NC)c1cc(CN2CC(C)(C)OC(C)(C)C2)ccc1F. The van der Waals surface area contributed by atoms with Crippen LogP contribution in [-0.2, 0) is 32.8 Å². The van der Waals surface area contributed by atoms with E-state index in [-0.39, 0.29) is 28.7 Å². The Morgan fingerprint density at radius 2 is 1.66 bits per heavy atom. The third-order valence-electron chi connectivity index (χ3n) is 8.30. The van der Waals surface area contributed by atoms with Gasteiger partial charge < -0.3 is 30.4 Å². The van der Waals surface area contributed by atoms with Gasteiger partial charge in [0.2, 0.25) is 5.91 Å². The zero-order valence-corrected chi connectivity index (χ0v) is 27.6. The van der Waals surface area contributed by atoms with Gasteiger partial charge in [-0.05, 0) is 68.9 Å². The molecule has 4 N–H and O–H groups in total. The van der Waals surface area contributed by atoms with Crippen molar-refractivity contribution in [2.24, 2.45) is 0 Å². The van der Waals surface area contributed by atoms with E-state index in [2.05, 4.69) is 10.2 Å². The minimum Gasteiger partial charge on any atom is -0.396 e. The number of carbonyl (C=O) groups is 3. The Hall–Kier alpha value is -2.90. The van der Waals surface area contributed by atoms with E-state index < -0.39 is 51.2 Å². The first-order chi connectivity index (χ1) is 21.5. The van der Waals surface area contributed by atoms with Crippen LogP contribution in [0.2, 0.25) is 0 Å². The van der Waals surface area contributed by atoms with Crippen molar-refractivity contribution < 1.29 is 33.7 Å². The maximum absolute atomic E-state index is 15.3. The fourth-order valence-electron chi connectivity index (χ4n) is 6.11. The number of rotatable bonds is 13. The molecule has 0 bridgehead atoms. The molecule has 3 rings (SSSR count). The zero-order chi connectivity index (χ0) is 35.8. The molecule has 0 aromatic heterocycles. The van der Waals surface area contributed by atoms with E-state index in [1.54, 1.807) is 12.1 Å². The average Bonchev–Trinajstić information content (AvgIpc) is 2.95. The molecule has 0 spiro atoms. The van der Waals surface area contributed by atoms with Gasteiger partial charge in [0.25, 0.3) is 0 Å². The number of amides is 1. The van der Waals surface area contributed by atoms with E-state index in [0.717, 1.165) is 17.5 Å². The molecular formula is C31H38B5FN4O6. The second kappa shape index (κ2) is 13.5. The third kappa shape index (κ3) is 7.89. The number of carbonyl (C=O) groups excluding carboxylic acids is 3. The van der Waals surface area contributed by atoms with Gasteiger partial charge in [0.15, 0.2) is 0 Å². The largest absolute Gasteiger partial charge is 0.396 e.